The predicted octanol–water partition coefficient (Wildman–Crippen LogP) is 2.32. The summed E-state index contributed by atoms with van der Waals surface area (Å²) in [4.78, 5) is 25.7. The van der Waals surface area contributed by atoms with Crippen molar-refractivity contribution in [1.29, 1.82) is 0 Å². The Morgan fingerprint density at radius 3 is 2.88 bits per heavy atom. The first-order chi connectivity index (χ1) is 11.5. The van der Waals surface area contributed by atoms with E-state index in [1.54, 1.807) is 18.2 Å². The number of carbonyl (C=O) groups is 2. The summed E-state index contributed by atoms with van der Waals surface area (Å²) < 4.78 is 0.627. The molecule has 7 nitrogen and oxygen atoms in total. The summed E-state index contributed by atoms with van der Waals surface area (Å²) in [7, 11) is 0. The van der Waals surface area contributed by atoms with Gasteiger partial charge in [-0.2, -0.15) is 5.10 Å². The summed E-state index contributed by atoms with van der Waals surface area (Å²) >= 11 is 9.64. The van der Waals surface area contributed by atoms with Crippen LogP contribution in [0.4, 0.5) is 11.4 Å². The lowest BCUT2D eigenvalue weighted by atomic mass is 10.2. The minimum Gasteiger partial charge on any atom is -0.359 e. The molecule has 0 unspecified atom stereocenters. The smallest absolute Gasteiger partial charge is 0.277 e. The molecule has 3 N–H and O–H groups in total. The van der Waals surface area contributed by atoms with Crippen LogP contribution in [0.25, 0.3) is 0 Å². The van der Waals surface area contributed by atoms with Gasteiger partial charge in [0.1, 0.15) is 0 Å². The summed E-state index contributed by atoms with van der Waals surface area (Å²) in [5.74, 6) is -0.374. The second-order valence-corrected chi connectivity index (χ2v) is 6.60. The molecule has 24 heavy (non-hydrogen) atoms. The molecular weight excluding hydrogens is 398 g/mol. The number of aromatic amines is 1. The third kappa shape index (κ3) is 3.39. The molecule has 126 valence electrons. The fraction of sp³-hybridized carbons (Fsp3) is 0.267. The molecule has 1 saturated heterocycles. The minimum atomic E-state index is -0.340. The normalized spacial score (nSPS) is 14.5. The van der Waals surface area contributed by atoms with Gasteiger partial charge in [0, 0.05) is 24.5 Å². The lowest BCUT2D eigenvalue weighted by molar-refractivity contribution is -0.120. The molecule has 1 aliphatic heterocycles. The van der Waals surface area contributed by atoms with Crippen molar-refractivity contribution in [2.75, 3.05) is 29.9 Å². The second kappa shape index (κ2) is 6.82. The van der Waals surface area contributed by atoms with Crippen molar-refractivity contribution >= 4 is 50.7 Å². The van der Waals surface area contributed by atoms with Gasteiger partial charge in [0.2, 0.25) is 5.91 Å². The highest BCUT2D eigenvalue weighted by Gasteiger charge is 2.20. The number of hydrogen-bond acceptors (Lipinski definition) is 4. The second-order valence-electron chi connectivity index (χ2n) is 5.40. The molecule has 0 atom stereocenters. The van der Waals surface area contributed by atoms with Crippen LogP contribution in [0.5, 0.6) is 0 Å². The molecule has 1 fully saturated rings. The van der Waals surface area contributed by atoms with Crippen LogP contribution in [0.1, 0.15) is 16.2 Å². The molecular formula is C15H15BrClN5O2. The number of halogens is 2. The fourth-order valence-electron chi connectivity index (χ4n) is 2.44. The number of aromatic nitrogens is 2. The van der Waals surface area contributed by atoms with E-state index in [4.69, 9.17) is 11.6 Å². The van der Waals surface area contributed by atoms with E-state index in [-0.39, 0.29) is 24.1 Å². The molecule has 0 aliphatic carbocycles. The van der Waals surface area contributed by atoms with E-state index in [1.807, 2.05) is 11.8 Å². The summed E-state index contributed by atoms with van der Waals surface area (Å²) in [5.41, 5.74) is 2.38. The van der Waals surface area contributed by atoms with Crippen molar-refractivity contribution in [2.45, 2.75) is 6.92 Å². The van der Waals surface area contributed by atoms with Gasteiger partial charge in [-0.1, -0.05) is 11.6 Å². The number of hydrogen-bond donors (Lipinski definition) is 3. The number of amides is 2. The van der Waals surface area contributed by atoms with Crippen molar-refractivity contribution < 1.29 is 9.59 Å². The van der Waals surface area contributed by atoms with E-state index in [0.717, 1.165) is 11.4 Å². The van der Waals surface area contributed by atoms with Crippen molar-refractivity contribution in [1.82, 2.24) is 15.5 Å². The first kappa shape index (κ1) is 16.8. The summed E-state index contributed by atoms with van der Waals surface area (Å²) in [6, 6.07) is 5.20. The molecule has 2 aromatic rings. The van der Waals surface area contributed by atoms with Crippen LogP contribution in [-0.2, 0) is 4.79 Å². The summed E-state index contributed by atoms with van der Waals surface area (Å²) in [6.07, 6.45) is 0. The van der Waals surface area contributed by atoms with Gasteiger partial charge in [-0.15, -0.1) is 0 Å². The maximum atomic E-state index is 12.3. The molecule has 9 heteroatoms. The number of anilines is 2. The van der Waals surface area contributed by atoms with Gasteiger partial charge in [0.05, 0.1) is 21.7 Å². The molecule has 1 aromatic carbocycles. The van der Waals surface area contributed by atoms with E-state index in [9.17, 15) is 9.59 Å². The Hall–Kier alpha value is -2.06. The van der Waals surface area contributed by atoms with Crippen LogP contribution < -0.4 is 15.5 Å². The maximum Gasteiger partial charge on any atom is 0.277 e. The average molecular weight is 413 g/mol. The van der Waals surface area contributed by atoms with E-state index in [0.29, 0.717) is 28.3 Å². The van der Waals surface area contributed by atoms with E-state index in [1.165, 1.54) is 0 Å². The topological polar surface area (TPSA) is 90.1 Å². The van der Waals surface area contributed by atoms with Crippen LogP contribution in [0.3, 0.4) is 0 Å². The Labute approximate surface area is 151 Å². The number of nitrogens with one attached hydrogen (secondary N) is 3. The van der Waals surface area contributed by atoms with Gasteiger partial charge in [-0.05, 0) is 41.1 Å². The van der Waals surface area contributed by atoms with Gasteiger partial charge in [0.15, 0.2) is 5.69 Å². The molecule has 0 radical (unpaired) electrons. The number of nitrogens with zero attached hydrogens (tertiary/aromatic N) is 2. The standard InChI is InChI=1S/C15H15BrClN5O2/c1-8-13(16)14(21-20-8)15(24)19-9-2-3-11(10(17)6-9)22-5-4-18-12(23)7-22/h2-3,6H,4-5,7H2,1H3,(H,18,23)(H,19,24)(H,20,21). The molecule has 3 rings (SSSR count). The first-order valence-electron chi connectivity index (χ1n) is 7.28. The average Bonchev–Trinajstić information content (AvgIpc) is 2.87. The monoisotopic (exact) mass is 411 g/mol. The third-order valence-electron chi connectivity index (χ3n) is 3.67. The van der Waals surface area contributed by atoms with Crippen LogP contribution in [0, 0.1) is 6.92 Å². The number of H-pyrrole nitrogens is 1. The van der Waals surface area contributed by atoms with Crippen LogP contribution >= 0.6 is 27.5 Å². The number of piperazine rings is 1. The number of aryl methyl sites for hydroxylation is 1. The summed E-state index contributed by atoms with van der Waals surface area (Å²) in [6.45, 7) is 3.36. The van der Waals surface area contributed by atoms with Gasteiger partial charge in [-0.3, -0.25) is 14.7 Å². The molecule has 0 spiro atoms. The van der Waals surface area contributed by atoms with Crippen molar-refractivity contribution in [3.8, 4) is 0 Å². The molecule has 0 saturated carbocycles. The zero-order valence-electron chi connectivity index (χ0n) is 12.8. The Bertz CT molecular complexity index is 807. The zero-order valence-corrected chi connectivity index (χ0v) is 15.2. The number of rotatable bonds is 3. The summed E-state index contributed by atoms with van der Waals surface area (Å²) in [5, 5.41) is 12.7. The maximum absolute atomic E-state index is 12.3. The van der Waals surface area contributed by atoms with Gasteiger partial charge in [0.25, 0.3) is 5.91 Å². The lowest BCUT2D eigenvalue weighted by Crippen LogP contribution is -2.47. The van der Waals surface area contributed by atoms with Crippen molar-refractivity contribution in [3.63, 3.8) is 0 Å². The minimum absolute atomic E-state index is 0.0338. The van der Waals surface area contributed by atoms with Gasteiger partial charge >= 0.3 is 0 Å². The Balaban J connectivity index is 1.76. The van der Waals surface area contributed by atoms with Gasteiger partial charge in [-0.25, -0.2) is 0 Å². The molecule has 2 amide bonds. The third-order valence-corrected chi connectivity index (χ3v) is 4.95. The highest BCUT2D eigenvalue weighted by molar-refractivity contribution is 9.10. The fourth-order valence-corrected chi connectivity index (χ4v) is 3.10. The Morgan fingerprint density at radius 2 is 2.25 bits per heavy atom. The molecule has 1 aliphatic rings. The molecule has 2 heterocycles. The van der Waals surface area contributed by atoms with Crippen molar-refractivity contribution in [3.05, 3.63) is 39.1 Å². The van der Waals surface area contributed by atoms with E-state index in [2.05, 4.69) is 36.8 Å². The highest BCUT2D eigenvalue weighted by Crippen LogP contribution is 2.29. The predicted molar refractivity (Wildman–Crippen MR) is 95.7 cm³/mol. The Kier molecular flexibility index (Phi) is 4.77. The number of carbonyl (C=O) groups excluding carboxylic acids is 2. The van der Waals surface area contributed by atoms with Crippen LogP contribution in [0.15, 0.2) is 22.7 Å². The highest BCUT2D eigenvalue weighted by atomic mass is 79.9. The zero-order chi connectivity index (χ0) is 17.3. The largest absolute Gasteiger partial charge is 0.359 e. The van der Waals surface area contributed by atoms with Crippen LogP contribution in [-0.4, -0.2) is 41.6 Å². The van der Waals surface area contributed by atoms with E-state index < -0.39 is 0 Å². The van der Waals surface area contributed by atoms with E-state index >= 15 is 0 Å². The van der Waals surface area contributed by atoms with Gasteiger partial charge < -0.3 is 15.5 Å². The SMILES string of the molecule is Cc1[nH]nc(C(=O)Nc2ccc(N3CCNC(=O)C3)c(Cl)c2)c1Br. The van der Waals surface area contributed by atoms with Crippen molar-refractivity contribution in [2.24, 2.45) is 0 Å². The lowest BCUT2D eigenvalue weighted by Gasteiger charge is -2.29. The Morgan fingerprint density at radius 1 is 1.46 bits per heavy atom. The quantitative estimate of drug-likeness (QED) is 0.722. The van der Waals surface area contributed by atoms with Crippen LogP contribution in [0.2, 0.25) is 5.02 Å². The number of benzene rings is 1. The molecule has 1 aromatic heterocycles. The first-order valence-corrected chi connectivity index (χ1v) is 8.46. The molecule has 0 bridgehead atoms.